The van der Waals surface area contributed by atoms with Gasteiger partial charge in [-0.2, -0.15) is 0 Å². The molecule has 2 fully saturated rings. The number of para-hydroxylation sites is 1. The summed E-state index contributed by atoms with van der Waals surface area (Å²) in [5.74, 6) is 3.08. The summed E-state index contributed by atoms with van der Waals surface area (Å²) in [5, 5.41) is 3.27. The molecule has 8 rings (SSSR count). The molecule has 5 aromatic rings. The molecule has 3 aliphatic carbocycles. The van der Waals surface area contributed by atoms with Crippen molar-refractivity contribution in [2.24, 2.45) is 23.7 Å². The van der Waals surface area contributed by atoms with E-state index < -0.39 is 0 Å². The molecule has 1 heterocycles. The minimum Gasteiger partial charge on any atom is -0.309 e. The van der Waals surface area contributed by atoms with Gasteiger partial charge in [0.05, 0.1) is 11.0 Å². The first-order valence-corrected chi connectivity index (χ1v) is 14.4. The zero-order chi connectivity index (χ0) is 24.9. The lowest BCUT2D eigenvalue weighted by Gasteiger charge is -2.48. The number of hydrogen-bond donors (Lipinski definition) is 0. The topological polar surface area (TPSA) is 4.93 Å². The first-order valence-electron chi connectivity index (χ1n) is 14.0. The molecule has 0 N–H and O–H groups in total. The predicted octanol–water partition coefficient (Wildman–Crippen LogP) is 9.80. The predicted molar refractivity (Wildman–Crippen MR) is 156 cm³/mol. The molecule has 0 radical (unpaired) electrons. The fourth-order valence-electron chi connectivity index (χ4n) is 9.12. The van der Waals surface area contributed by atoms with Crippen LogP contribution in [0.2, 0.25) is 5.02 Å². The molecule has 5 unspecified atom stereocenters. The highest BCUT2D eigenvalue weighted by Gasteiger charge is 2.59. The van der Waals surface area contributed by atoms with Crippen LogP contribution in [0.25, 0.3) is 38.6 Å². The third-order valence-electron chi connectivity index (χ3n) is 10.4. The zero-order valence-corrected chi connectivity index (χ0v) is 22.3. The molecule has 1 aromatic heterocycles. The molecule has 184 valence electrons. The van der Waals surface area contributed by atoms with Gasteiger partial charge in [-0.15, -0.1) is 0 Å². The molecular formula is C35H32ClN. The molecule has 2 bridgehead atoms. The Labute approximate surface area is 224 Å². The van der Waals surface area contributed by atoms with E-state index in [9.17, 15) is 0 Å². The van der Waals surface area contributed by atoms with E-state index in [2.05, 4.69) is 97.3 Å². The minimum absolute atomic E-state index is 0.109. The van der Waals surface area contributed by atoms with Gasteiger partial charge in [-0.1, -0.05) is 80.4 Å². The van der Waals surface area contributed by atoms with Gasteiger partial charge in [-0.3, -0.25) is 0 Å². The average Bonchev–Trinajstić information content (AvgIpc) is 3.54. The lowest BCUT2D eigenvalue weighted by molar-refractivity contribution is 0.140. The normalized spacial score (nSPS) is 27.8. The van der Waals surface area contributed by atoms with E-state index in [0.717, 1.165) is 22.8 Å². The van der Waals surface area contributed by atoms with Crippen molar-refractivity contribution < 1.29 is 0 Å². The van der Waals surface area contributed by atoms with Crippen LogP contribution in [0.1, 0.15) is 50.7 Å². The fourth-order valence-corrected chi connectivity index (χ4v) is 9.29. The number of aromatic nitrogens is 1. The van der Waals surface area contributed by atoms with Gasteiger partial charge >= 0.3 is 0 Å². The maximum absolute atomic E-state index is 6.47. The molecule has 0 aliphatic heterocycles. The Morgan fingerprint density at radius 2 is 1.57 bits per heavy atom. The molecule has 1 spiro atoms. The van der Waals surface area contributed by atoms with Crippen molar-refractivity contribution in [1.82, 2.24) is 4.57 Å². The van der Waals surface area contributed by atoms with Gasteiger partial charge in [-0.05, 0) is 102 Å². The summed E-state index contributed by atoms with van der Waals surface area (Å²) >= 11 is 6.47. The van der Waals surface area contributed by atoms with Gasteiger partial charge in [0.15, 0.2) is 0 Å². The average molecular weight is 502 g/mol. The molecule has 0 amide bonds. The smallest absolute Gasteiger partial charge is 0.0542 e. The molecule has 37 heavy (non-hydrogen) atoms. The third kappa shape index (κ3) is 2.76. The Morgan fingerprint density at radius 3 is 2.46 bits per heavy atom. The van der Waals surface area contributed by atoms with E-state index in [1.807, 2.05) is 6.07 Å². The summed E-state index contributed by atoms with van der Waals surface area (Å²) in [6.07, 6.45) is 5.44. The maximum Gasteiger partial charge on any atom is 0.0542 e. The first kappa shape index (κ1) is 22.0. The van der Waals surface area contributed by atoms with Gasteiger partial charge < -0.3 is 4.57 Å². The van der Waals surface area contributed by atoms with Crippen molar-refractivity contribution in [1.29, 1.82) is 0 Å². The minimum atomic E-state index is 0.109. The highest BCUT2D eigenvalue weighted by Crippen LogP contribution is 2.67. The van der Waals surface area contributed by atoms with Crippen LogP contribution in [0, 0.1) is 23.7 Å². The second-order valence-corrected chi connectivity index (χ2v) is 12.3. The monoisotopic (exact) mass is 501 g/mol. The molecular weight excluding hydrogens is 470 g/mol. The van der Waals surface area contributed by atoms with Crippen LogP contribution in [0.15, 0.2) is 84.9 Å². The Bertz CT molecular complexity index is 1710. The standard InChI is InChI=1S/C35H32ClN/c1-3-23-17-22-16-21(2)35(31(23)18-22)30-10-6-4-8-26(30)27-14-13-25(20-32(27)35)37-33-11-7-5-9-28(33)29-19-24(36)12-15-34(29)37/h4-15,19-23,31H,3,16-18H2,1-2H3. The summed E-state index contributed by atoms with van der Waals surface area (Å²) in [4.78, 5) is 0. The summed E-state index contributed by atoms with van der Waals surface area (Å²) in [7, 11) is 0. The summed E-state index contributed by atoms with van der Waals surface area (Å²) in [6, 6.07) is 31.8. The maximum atomic E-state index is 6.47. The van der Waals surface area contributed by atoms with Crippen LogP contribution in [0.5, 0.6) is 0 Å². The van der Waals surface area contributed by atoms with Gasteiger partial charge in [0, 0.05) is 26.9 Å². The Morgan fingerprint density at radius 1 is 0.784 bits per heavy atom. The third-order valence-corrected chi connectivity index (χ3v) is 10.6. The van der Waals surface area contributed by atoms with Crippen LogP contribution in [0.4, 0.5) is 0 Å². The van der Waals surface area contributed by atoms with Crippen LogP contribution >= 0.6 is 11.6 Å². The number of hydrogen-bond acceptors (Lipinski definition) is 0. The van der Waals surface area contributed by atoms with Crippen LogP contribution in [-0.2, 0) is 5.41 Å². The van der Waals surface area contributed by atoms with E-state index in [1.54, 1.807) is 11.1 Å². The highest BCUT2D eigenvalue weighted by atomic mass is 35.5. The summed E-state index contributed by atoms with van der Waals surface area (Å²) in [6.45, 7) is 4.98. The van der Waals surface area contributed by atoms with Crippen molar-refractivity contribution in [2.75, 3.05) is 0 Å². The van der Waals surface area contributed by atoms with Gasteiger partial charge in [0.1, 0.15) is 0 Å². The molecule has 3 aliphatic rings. The summed E-state index contributed by atoms with van der Waals surface area (Å²) < 4.78 is 2.46. The Hall–Kier alpha value is -3.03. The van der Waals surface area contributed by atoms with Crippen LogP contribution in [0.3, 0.4) is 0 Å². The Kier molecular flexibility index (Phi) is 4.60. The van der Waals surface area contributed by atoms with Crippen LogP contribution in [-0.4, -0.2) is 4.57 Å². The molecule has 4 aromatic carbocycles. The fraction of sp³-hybridized carbons (Fsp3) is 0.314. The number of rotatable bonds is 2. The SMILES string of the molecule is CCC1CC2CC(C)C3(c4ccccc4-c4ccc(-n5c6ccccc6c6cc(Cl)ccc65)cc43)C1C2. The van der Waals surface area contributed by atoms with E-state index in [0.29, 0.717) is 5.92 Å². The summed E-state index contributed by atoms with van der Waals surface area (Å²) in [5.41, 5.74) is 9.92. The van der Waals surface area contributed by atoms with E-state index in [4.69, 9.17) is 11.6 Å². The number of nitrogens with zero attached hydrogens (tertiary/aromatic N) is 1. The lowest BCUT2D eigenvalue weighted by atomic mass is 9.55. The highest BCUT2D eigenvalue weighted by molar-refractivity contribution is 6.32. The molecule has 0 saturated heterocycles. The largest absolute Gasteiger partial charge is 0.309 e. The Balaban J connectivity index is 1.43. The van der Waals surface area contributed by atoms with Crippen molar-refractivity contribution >= 4 is 33.4 Å². The van der Waals surface area contributed by atoms with Crippen molar-refractivity contribution in [3.05, 3.63) is 101 Å². The van der Waals surface area contributed by atoms with Crippen molar-refractivity contribution in [2.45, 2.75) is 44.9 Å². The van der Waals surface area contributed by atoms with Crippen molar-refractivity contribution in [3.63, 3.8) is 0 Å². The molecule has 1 nitrogen and oxygen atoms in total. The quantitative estimate of drug-likeness (QED) is 0.227. The number of fused-ring (bicyclic) bond motifs is 11. The van der Waals surface area contributed by atoms with E-state index >= 15 is 0 Å². The van der Waals surface area contributed by atoms with E-state index in [-0.39, 0.29) is 5.41 Å². The molecule has 5 atom stereocenters. The van der Waals surface area contributed by atoms with Crippen LogP contribution < -0.4 is 0 Å². The number of benzene rings is 4. The second kappa shape index (κ2) is 7.74. The van der Waals surface area contributed by atoms with Gasteiger partial charge in [0.2, 0.25) is 0 Å². The number of halogens is 1. The van der Waals surface area contributed by atoms with Gasteiger partial charge in [-0.25, -0.2) is 0 Å². The van der Waals surface area contributed by atoms with E-state index in [1.165, 1.54) is 64.3 Å². The van der Waals surface area contributed by atoms with Gasteiger partial charge in [0.25, 0.3) is 0 Å². The zero-order valence-electron chi connectivity index (χ0n) is 21.5. The molecule has 2 heteroatoms. The van der Waals surface area contributed by atoms with Crippen molar-refractivity contribution in [3.8, 4) is 16.8 Å². The lowest BCUT2D eigenvalue weighted by Crippen LogP contribution is -2.45. The molecule has 2 saturated carbocycles. The first-order chi connectivity index (χ1) is 18.1. The second-order valence-electron chi connectivity index (χ2n) is 11.9.